The summed E-state index contributed by atoms with van der Waals surface area (Å²) in [6.45, 7) is 3.47. The molecule has 0 spiro atoms. The molecule has 0 bridgehead atoms. The molecule has 17 heavy (non-hydrogen) atoms. The second-order valence-corrected chi connectivity index (χ2v) is 3.79. The van der Waals surface area contributed by atoms with Gasteiger partial charge in [-0.15, -0.1) is 0 Å². The summed E-state index contributed by atoms with van der Waals surface area (Å²) in [4.78, 5) is 10.7. The van der Waals surface area contributed by atoms with Gasteiger partial charge in [-0.25, -0.2) is 0 Å². The molecule has 4 heteroatoms. The Morgan fingerprint density at radius 2 is 2.12 bits per heavy atom. The lowest BCUT2D eigenvalue weighted by molar-refractivity contribution is -0.139. The Hall–Kier alpha value is -1.39. The third kappa shape index (κ3) is 5.47. The first kappa shape index (κ1) is 13.7. The van der Waals surface area contributed by atoms with Crippen LogP contribution >= 0.6 is 0 Å². The lowest BCUT2D eigenvalue weighted by Gasteiger charge is -2.12. The summed E-state index contributed by atoms with van der Waals surface area (Å²) >= 11 is 0. The van der Waals surface area contributed by atoms with E-state index in [0.717, 1.165) is 5.56 Å². The van der Waals surface area contributed by atoms with Gasteiger partial charge < -0.3 is 15.2 Å². The molecule has 0 aliphatic rings. The van der Waals surface area contributed by atoms with Gasteiger partial charge in [0.2, 0.25) is 0 Å². The maximum absolute atomic E-state index is 10.7. The van der Waals surface area contributed by atoms with Crippen molar-refractivity contribution in [2.24, 2.45) is 0 Å². The Kier molecular flexibility index (Phi) is 6.29. The van der Waals surface area contributed by atoms with E-state index in [9.17, 15) is 4.79 Å². The number of carbonyl (C=O) groups is 1. The van der Waals surface area contributed by atoms with Gasteiger partial charge in [0.15, 0.2) is 0 Å². The van der Waals surface area contributed by atoms with Crippen LogP contribution in [0.15, 0.2) is 30.3 Å². The Morgan fingerprint density at radius 3 is 2.71 bits per heavy atom. The van der Waals surface area contributed by atoms with Crippen LogP contribution in [0.1, 0.15) is 18.9 Å². The third-order valence-corrected chi connectivity index (χ3v) is 2.46. The Balaban J connectivity index is 2.10. The average Bonchev–Trinajstić information content (AvgIpc) is 2.34. The van der Waals surface area contributed by atoms with Crippen molar-refractivity contribution in [2.45, 2.75) is 26.0 Å². The highest BCUT2D eigenvalue weighted by molar-refractivity contribution is 5.73. The minimum absolute atomic E-state index is 0.477. The van der Waals surface area contributed by atoms with Gasteiger partial charge in [-0.05, 0) is 12.0 Å². The minimum Gasteiger partial charge on any atom is -0.480 e. The molecule has 1 aromatic carbocycles. The van der Waals surface area contributed by atoms with Crippen molar-refractivity contribution in [1.82, 2.24) is 5.32 Å². The maximum Gasteiger partial charge on any atom is 0.320 e. The fraction of sp³-hybridized carbons (Fsp3) is 0.462. The first-order valence-corrected chi connectivity index (χ1v) is 5.82. The zero-order chi connectivity index (χ0) is 12.5. The third-order valence-electron chi connectivity index (χ3n) is 2.46. The smallest absolute Gasteiger partial charge is 0.320 e. The van der Waals surface area contributed by atoms with Crippen LogP contribution in [-0.4, -0.2) is 30.3 Å². The summed E-state index contributed by atoms with van der Waals surface area (Å²) in [6, 6.07) is 9.42. The Labute approximate surface area is 102 Å². The van der Waals surface area contributed by atoms with Crippen molar-refractivity contribution in [2.75, 3.05) is 13.2 Å². The zero-order valence-corrected chi connectivity index (χ0v) is 10.1. The second kappa shape index (κ2) is 7.81. The first-order chi connectivity index (χ1) is 8.24. The number of ether oxygens (including phenoxy) is 1. The second-order valence-electron chi connectivity index (χ2n) is 3.79. The molecule has 0 aliphatic heterocycles. The molecule has 0 aliphatic carbocycles. The van der Waals surface area contributed by atoms with E-state index >= 15 is 0 Å². The normalized spacial score (nSPS) is 12.3. The molecule has 0 radical (unpaired) electrons. The van der Waals surface area contributed by atoms with E-state index in [4.69, 9.17) is 9.84 Å². The van der Waals surface area contributed by atoms with Gasteiger partial charge in [-0.1, -0.05) is 37.3 Å². The number of rotatable bonds is 8. The summed E-state index contributed by atoms with van der Waals surface area (Å²) in [5.74, 6) is -0.810. The van der Waals surface area contributed by atoms with Gasteiger partial charge in [0, 0.05) is 6.54 Å². The van der Waals surface area contributed by atoms with Gasteiger partial charge in [-0.3, -0.25) is 4.79 Å². The van der Waals surface area contributed by atoms with E-state index in [2.05, 4.69) is 5.32 Å². The molecule has 1 aromatic rings. The van der Waals surface area contributed by atoms with Gasteiger partial charge in [0.1, 0.15) is 6.04 Å². The van der Waals surface area contributed by atoms with E-state index in [1.165, 1.54) is 0 Å². The molecular weight excluding hydrogens is 218 g/mol. The van der Waals surface area contributed by atoms with Crippen molar-refractivity contribution >= 4 is 5.97 Å². The van der Waals surface area contributed by atoms with E-state index in [0.29, 0.717) is 26.2 Å². The van der Waals surface area contributed by atoms with Crippen molar-refractivity contribution < 1.29 is 14.6 Å². The zero-order valence-electron chi connectivity index (χ0n) is 10.1. The van der Waals surface area contributed by atoms with E-state index in [1.807, 2.05) is 37.3 Å². The number of hydrogen-bond acceptors (Lipinski definition) is 3. The van der Waals surface area contributed by atoms with E-state index in [1.54, 1.807) is 0 Å². The number of nitrogens with one attached hydrogen (secondary N) is 1. The van der Waals surface area contributed by atoms with Crippen LogP contribution in [0.3, 0.4) is 0 Å². The van der Waals surface area contributed by atoms with E-state index < -0.39 is 12.0 Å². The summed E-state index contributed by atoms with van der Waals surface area (Å²) < 4.78 is 5.44. The molecule has 1 atom stereocenters. The van der Waals surface area contributed by atoms with Gasteiger partial charge >= 0.3 is 5.97 Å². The lowest BCUT2D eigenvalue weighted by Crippen LogP contribution is -2.37. The molecule has 1 rings (SSSR count). The molecular formula is C13H19NO3. The highest BCUT2D eigenvalue weighted by Crippen LogP contribution is 1.99. The highest BCUT2D eigenvalue weighted by atomic mass is 16.5. The molecule has 0 aromatic heterocycles. The summed E-state index contributed by atoms with van der Waals surface area (Å²) in [7, 11) is 0. The number of carboxylic acid groups (broad SMARTS) is 1. The van der Waals surface area contributed by atoms with Crippen molar-refractivity contribution in [3.05, 3.63) is 35.9 Å². The van der Waals surface area contributed by atoms with Gasteiger partial charge in [-0.2, -0.15) is 0 Å². The topological polar surface area (TPSA) is 58.6 Å². The van der Waals surface area contributed by atoms with Crippen LogP contribution in [0, 0.1) is 0 Å². The monoisotopic (exact) mass is 237 g/mol. The van der Waals surface area contributed by atoms with Gasteiger partial charge in [0.05, 0.1) is 13.2 Å². The van der Waals surface area contributed by atoms with Crippen LogP contribution < -0.4 is 5.32 Å². The number of hydrogen-bond donors (Lipinski definition) is 2. The van der Waals surface area contributed by atoms with Crippen molar-refractivity contribution in [1.29, 1.82) is 0 Å². The highest BCUT2D eigenvalue weighted by Gasteiger charge is 2.12. The van der Waals surface area contributed by atoms with Crippen LogP contribution in [0.25, 0.3) is 0 Å². The fourth-order valence-corrected chi connectivity index (χ4v) is 1.48. The molecule has 0 saturated heterocycles. The maximum atomic E-state index is 10.7. The van der Waals surface area contributed by atoms with Gasteiger partial charge in [0.25, 0.3) is 0 Å². The predicted molar refractivity (Wildman–Crippen MR) is 65.8 cm³/mol. The summed E-state index contributed by atoms with van der Waals surface area (Å²) in [5, 5.41) is 11.7. The molecule has 4 nitrogen and oxygen atoms in total. The van der Waals surface area contributed by atoms with Crippen LogP contribution in [-0.2, 0) is 16.1 Å². The van der Waals surface area contributed by atoms with Crippen LogP contribution in [0.4, 0.5) is 0 Å². The molecule has 0 amide bonds. The average molecular weight is 237 g/mol. The largest absolute Gasteiger partial charge is 0.480 e. The molecule has 0 heterocycles. The number of aliphatic carboxylic acids is 1. The van der Waals surface area contributed by atoms with Crippen molar-refractivity contribution in [3.63, 3.8) is 0 Å². The fourth-order valence-electron chi connectivity index (χ4n) is 1.48. The molecule has 2 N–H and O–H groups in total. The minimum atomic E-state index is -0.810. The lowest BCUT2D eigenvalue weighted by atomic mass is 10.2. The molecule has 0 fully saturated rings. The van der Waals surface area contributed by atoms with Crippen molar-refractivity contribution in [3.8, 4) is 0 Å². The quantitative estimate of drug-likeness (QED) is 0.675. The molecule has 0 saturated carbocycles. The molecule has 1 unspecified atom stereocenters. The molecule has 94 valence electrons. The Bertz CT molecular complexity index is 327. The predicted octanol–water partition coefficient (Wildman–Crippen LogP) is 1.66. The summed E-state index contributed by atoms with van der Waals surface area (Å²) in [5.41, 5.74) is 1.12. The summed E-state index contributed by atoms with van der Waals surface area (Å²) in [6.07, 6.45) is 0.577. The Morgan fingerprint density at radius 1 is 1.41 bits per heavy atom. The van der Waals surface area contributed by atoms with E-state index in [-0.39, 0.29) is 0 Å². The number of carboxylic acids is 1. The first-order valence-electron chi connectivity index (χ1n) is 5.82. The number of benzene rings is 1. The standard InChI is InChI=1S/C13H19NO3/c1-2-12(13(15)16)14-8-9-17-10-11-6-4-3-5-7-11/h3-7,12,14H,2,8-10H2,1H3,(H,15,16). The van der Waals surface area contributed by atoms with Crippen LogP contribution in [0.5, 0.6) is 0 Å². The SMILES string of the molecule is CCC(NCCOCc1ccccc1)C(=O)O. The van der Waals surface area contributed by atoms with Crippen LogP contribution in [0.2, 0.25) is 0 Å².